The number of nitrogens with one attached hydrogen (secondary N) is 2. The number of urea groups is 1. The number of hydrogen-bond donors (Lipinski definition) is 3. The fraction of sp³-hybridized carbons (Fsp3) is 0.533. The molecule has 0 heterocycles. The molecule has 0 saturated heterocycles. The molecule has 0 aliphatic heterocycles. The number of hydrogen-bond acceptors (Lipinski definition) is 2. The molecule has 5 heteroatoms. The highest BCUT2D eigenvalue weighted by Gasteiger charge is 2.25. The first-order valence-corrected chi connectivity index (χ1v) is 7.49. The molecular formula is C15H21ClN2O2. The van der Waals surface area contributed by atoms with E-state index in [4.69, 9.17) is 11.6 Å². The molecule has 1 aromatic rings. The van der Waals surface area contributed by atoms with Crippen LogP contribution in [0.15, 0.2) is 18.2 Å². The maximum Gasteiger partial charge on any atom is 0.315 e. The van der Waals surface area contributed by atoms with Gasteiger partial charge in [0, 0.05) is 11.6 Å². The number of carbonyl (C=O) groups is 1. The van der Waals surface area contributed by atoms with Gasteiger partial charge in [-0.1, -0.05) is 37.1 Å². The van der Waals surface area contributed by atoms with Crippen molar-refractivity contribution in [3.8, 4) is 0 Å². The molecule has 0 spiro atoms. The summed E-state index contributed by atoms with van der Waals surface area (Å²) in [6, 6.07) is 5.56. The van der Waals surface area contributed by atoms with Gasteiger partial charge in [-0.15, -0.1) is 0 Å². The zero-order chi connectivity index (χ0) is 14.5. The Morgan fingerprint density at radius 1 is 1.55 bits per heavy atom. The molecule has 0 fully saturated rings. The predicted octanol–water partition coefficient (Wildman–Crippen LogP) is 2.79. The molecule has 4 nitrogen and oxygen atoms in total. The predicted molar refractivity (Wildman–Crippen MR) is 80.0 cm³/mol. The molecule has 1 aromatic carbocycles. The number of halogens is 1. The Labute approximate surface area is 124 Å². The van der Waals surface area contributed by atoms with Gasteiger partial charge >= 0.3 is 6.03 Å². The number of carbonyl (C=O) groups excluding carboxylic acids is 1. The van der Waals surface area contributed by atoms with Gasteiger partial charge in [-0.05, 0) is 36.5 Å². The summed E-state index contributed by atoms with van der Waals surface area (Å²) < 4.78 is 0. The Morgan fingerprint density at radius 3 is 3.10 bits per heavy atom. The van der Waals surface area contributed by atoms with Crippen LogP contribution in [0, 0.1) is 0 Å². The van der Waals surface area contributed by atoms with Crippen molar-refractivity contribution in [3.05, 3.63) is 34.3 Å². The highest BCUT2D eigenvalue weighted by molar-refractivity contribution is 6.31. The Balaban J connectivity index is 1.87. The Bertz CT molecular complexity index is 479. The van der Waals surface area contributed by atoms with E-state index in [1.807, 2.05) is 25.1 Å². The van der Waals surface area contributed by atoms with Gasteiger partial charge in [0.2, 0.25) is 0 Å². The summed E-state index contributed by atoms with van der Waals surface area (Å²) >= 11 is 6.15. The summed E-state index contributed by atoms with van der Waals surface area (Å²) in [7, 11) is 0. The molecule has 20 heavy (non-hydrogen) atoms. The number of aliphatic hydroxyl groups is 1. The smallest absolute Gasteiger partial charge is 0.315 e. The average Bonchev–Trinajstić information content (AvgIpc) is 2.82. The second-order valence-electron chi connectivity index (χ2n) is 5.20. The SMILES string of the molecule is CCCC(O)CNC(=O)NC1CCc2c(Cl)cccc21. The minimum absolute atomic E-state index is 0.00650. The summed E-state index contributed by atoms with van der Waals surface area (Å²) in [5.74, 6) is 0. The van der Waals surface area contributed by atoms with Crippen LogP contribution in [0.5, 0.6) is 0 Å². The van der Waals surface area contributed by atoms with Gasteiger partial charge in [-0.2, -0.15) is 0 Å². The van der Waals surface area contributed by atoms with Crippen LogP contribution in [0.25, 0.3) is 0 Å². The third kappa shape index (κ3) is 3.64. The minimum Gasteiger partial charge on any atom is -0.391 e. The molecule has 1 aliphatic carbocycles. The summed E-state index contributed by atoms with van der Waals surface area (Å²) in [4.78, 5) is 11.8. The van der Waals surface area contributed by atoms with Crippen LogP contribution >= 0.6 is 11.6 Å². The lowest BCUT2D eigenvalue weighted by atomic mass is 10.1. The molecular weight excluding hydrogens is 276 g/mol. The van der Waals surface area contributed by atoms with Crippen molar-refractivity contribution in [3.63, 3.8) is 0 Å². The lowest BCUT2D eigenvalue weighted by Crippen LogP contribution is -2.40. The lowest BCUT2D eigenvalue weighted by molar-refractivity contribution is 0.160. The van der Waals surface area contributed by atoms with Crippen molar-refractivity contribution in [1.29, 1.82) is 0 Å². The van der Waals surface area contributed by atoms with Crippen molar-refractivity contribution >= 4 is 17.6 Å². The van der Waals surface area contributed by atoms with E-state index in [9.17, 15) is 9.90 Å². The molecule has 3 N–H and O–H groups in total. The van der Waals surface area contributed by atoms with Crippen molar-refractivity contribution in [2.24, 2.45) is 0 Å². The van der Waals surface area contributed by atoms with Crippen LogP contribution in [0.2, 0.25) is 5.02 Å². The third-order valence-electron chi connectivity index (χ3n) is 3.64. The summed E-state index contributed by atoms with van der Waals surface area (Å²) in [5.41, 5.74) is 2.23. The van der Waals surface area contributed by atoms with Crippen LogP contribution in [0.1, 0.15) is 43.4 Å². The normalized spacial score (nSPS) is 18.4. The molecule has 2 atom stereocenters. The molecule has 2 amide bonds. The molecule has 0 radical (unpaired) electrons. The van der Waals surface area contributed by atoms with E-state index in [0.717, 1.165) is 35.4 Å². The standard InChI is InChI=1S/C15H21ClN2O2/c1-2-4-10(19)9-17-15(20)18-14-8-7-11-12(14)5-3-6-13(11)16/h3,5-6,10,14,19H,2,4,7-9H2,1H3,(H2,17,18,20). The first-order valence-electron chi connectivity index (χ1n) is 7.11. The van der Waals surface area contributed by atoms with Crippen LogP contribution in [-0.4, -0.2) is 23.8 Å². The molecule has 0 saturated carbocycles. The fourth-order valence-corrected chi connectivity index (χ4v) is 2.89. The molecule has 2 unspecified atom stereocenters. The maximum atomic E-state index is 11.8. The zero-order valence-corrected chi connectivity index (χ0v) is 12.4. The lowest BCUT2D eigenvalue weighted by Gasteiger charge is -2.16. The van der Waals surface area contributed by atoms with Crippen molar-refractivity contribution in [1.82, 2.24) is 10.6 Å². The van der Waals surface area contributed by atoms with Gasteiger partial charge in [0.05, 0.1) is 12.1 Å². The quantitative estimate of drug-likeness (QED) is 0.782. The zero-order valence-electron chi connectivity index (χ0n) is 11.7. The van der Waals surface area contributed by atoms with Crippen molar-refractivity contribution in [2.45, 2.75) is 44.8 Å². The van der Waals surface area contributed by atoms with E-state index in [0.29, 0.717) is 6.42 Å². The number of aliphatic hydroxyl groups excluding tert-OH is 1. The van der Waals surface area contributed by atoms with Crippen molar-refractivity contribution < 1.29 is 9.90 Å². The second kappa shape index (κ2) is 6.95. The van der Waals surface area contributed by atoms with Crippen LogP contribution in [-0.2, 0) is 6.42 Å². The second-order valence-corrected chi connectivity index (χ2v) is 5.60. The molecule has 1 aliphatic rings. The Morgan fingerprint density at radius 2 is 2.35 bits per heavy atom. The van der Waals surface area contributed by atoms with E-state index in [-0.39, 0.29) is 18.6 Å². The number of benzene rings is 1. The van der Waals surface area contributed by atoms with Crippen LogP contribution in [0.3, 0.4) is 0 Å². The van der Waals surface area contributed by atoms with E-state index >= 15 is 0 Å². The minimum atomic E-state index is -0.476. The number of rotatable bonds is 5. The van der Waals surface area contributed by atoms with E-state index in [1.165, 1.54) is 0 Å². The first kappa shape index (κ1) is 15.1. The van der Waals surface area contributed by atoms with E-state index in [1.54, 1.807) is 0 Å². The molecule has 0 aromatic heterocycles. The molecule has 110 valence electrons. The van der Waals surface area contributed by atoms with E-state index in [2.05, 4.69) is 10.6 Å². The third-order valence-corrected chi connectivity index (χ3v) is 3.99. The van der Waals surface area contributed by atoms with Crippen LogP contribution < -0.4 is 10.6 Å². The Kier molecular flexibility index (Phi) is 5.26. The van der Waals surface area contributed by atoms with Gasteiger partial charge in [0.1, 0.15) is 0 Å². The van der Waals surface area contributed by atoms with Gasteiger partial charge in [0.25, 0.3) is 0 Å². The highest BCUT2D eigenvalue weighted by atomic mass is 35.5. The monoisotopic (exact) mass is 296 g/mol. The largest absolute Gasteiger partial charge is 0.391 e. The Hall–Kier alpha value is -1.26. The van der Waals surface area contributed by atoms with E-state index < -0.39 is 6.10 Å². The van der Waals surface area contributed by atoms with Crippen molar-refractivity contribution in [2.75, 3.05) is 6.54 Å². The topological polar surface area (TPSA) is 61.4 Å². The number of fused-ring (bicyclic) bond motifs is 1. The molecule has 2 rings (SSSR count). The van der Waals surface area contributed by atoms with Gasteiger partial charge in [0.15, 0.2) is 0 Å². The summed E-state index contributed by atoms with van der Waals surface area (Å²) in [5, 5.41) is 16.0. The van der Waals surface area contributed by atoms with Gasteiger partial charge in [-0.3, -0.25) is 0 Å². The fourth-order valence-electron chi connectivity index (χ4n) is 2.61. The van der Waals surface area contributed by atoms with Crippen LogP contribution in [0.4, 0.5) is 4.79 Å². The first-order chi connectivity index (χ1) is 9.61. The summed E-state index contributed by atoms with van der Waals surface area (Å²) in [6.45, 7) is 2.29. The molecule has 0 bridgehead atoms. The average molecular weight is 297 g/mol. The van der Waals surface area contributed by atoms with Gasteiger partial charge < -0.3 is 15.7 Å². The maximum absolute atomic E-state index is 11.8. The highest BCUT2D eigenvalue weighted by Crippen LogP contribution is 2.35. The summed E-state index contributed by atoms with van der Waals surface area (Å²) in [6.07, 6.45) is 2.87. The number of amides is 2. The van der Waals surface area contributed by atoms with Gasteiger partial charge in [-0.25, -0.2) is 4.79 Å².